The summed E-state index contributed by atoms with van der Waals surface area (Å²) >= 11 is 3.25. The Morgan fingerprint density at radius 2 is 2.13 bits per heavy atom. The predicted molar refractivity (Wildman–Crippen MR) is 122 cm³/mol. The molecule has 0 saturated carbocycles. The number of rotatable bonds is 4. The second-order valence-electron chi connectivity index (χ2n) is 8.00. The summed E-state index contributed by atoms with van der Waals surface area (Å²) in [5.41, 5.74) is 9.79. The third-order valence-electron chi connectivity index (χ3n) is 5.50. The molecule has 1 aromatic carbocycles. The molecule has 0 amide bonds. The highest BCUT2D eigenvalue weighted by molar-refractivity contribution is 7.99. The molecule has 1 aliphatic rings. The standard InChI is InChI=1S/C22H23N5OS2/c1-11-5-4-6-14(9-11)20-27-26-19(28-20)13(3)29-22-24-18(23)17-15-8-7-12(2)10-16(15)30-21(17)25-22/h4-6,9,12-13H,7-8,10H2,1-3H3,(H2,23,24,25)/t12-,13-/m0/s1. The smallest absolute Gasteiger partial charge is 0.247 e. The van der Waals surface area contributed by atoms with E-state index >= 15 is 0 Å². The van der Waals surface area contributed by atoms with Crippen molar-refractivity contribution in [1.82, 2.24) is 20.2 Å². The summed E-state index contributed by atoms with van der Waals surface area (Å²) in [4.78, 5) is 11.8. The lowest BCUT2D eigenvalue weighted by atomic mass is 9.89. The zero-order valence-electron chi connectivity index (χ0n) is 17.2. The van der Waals surface area contributed by atoms with Gasteiger partial charge in [-0.3, -0.25) is 0 Å². The van der Waals surface area contributed by atoms with Crippen LogP contribution in [0.5, 0.6) is 0 Å². The van der Waals surface area contributed by atoms with Crippen molar-refractivity contribution >= 4 is 39.1 Å². The van der Waals surface area contributed by atoms with Gasteiger partial charge in [-0.1, -0.05) is 36.4 Å². The van der Waals surface area contributed by atoms with Crippen LogP contribution in [0.1, 0.15) is 47.4 Å². The Hall–Kier alpha value is -2.45. The van der Waals surface area contributed by atoms with Crippen LogP contribution in [-0.4, -0.2) is 20.2 Å². The van der Waals surface area contributed by atoms with Crippen LogP contribution in [0.2, 0.25) is 0 Å². The second-order valence-corrected chi connectivity index (χ2v) is 10.4. The summed E-state index contributed by atoms with van der Waals surface area (Å²) in [5, 5.41) is 10.1. The summed E-state index contributed by atoms with van der Waals surface area (Å²) in [5.74, 6) is 2.37. The van der Waals surface area contributed by atoms with Crippen LogP contribution in [0.15, 0.2) is 33.8 Å². The topological polar surface area (TPSA) is 90.7 Å². The molecule has 0 saturated heterocycles. The van der Waals surface area contributed by atoms with Crippen molar-refractivity contribution in [2.45, 2.75) is 50.4 Å². The fraction of sp³-hybridized carbons (Fsp3) is 0.364. The van der Waals surface area contributed by atoms with E-state index in [1.807, 2.05) is 38.1 Å². The summed E-state index contributed by atoms with van der Waals surface area (Å²) in [6, 6.07) is 8.03. The number of thioether (sulfide) groups is 1. The number of anilines is 1. The first-order valence-corrected chi connectivity index (χ1v) is 11.8. The fourth-order valence-corrected chi connectivity index (χ4v) is 6.16. The molecule has 154 valence electrons. The van der Waals surface area contributed by atoms with Gasteiger partial charge >= 0.3 is 0 Å². The number of nitrogen functional groups attached to an aromatic ring is 1. The van der Waals surface area contributed by atoms with Gasteiger partial charge in [0.15, 0.2) is 5.16 Å². The molecule has 6 nitrogen and oxygen atoms in total. The average Bonchev–Trinajstić information content (AvgIpc) is 3.32. The van der Waals surface area contributed by atoms with E-state index in [0.717, 1.165) is 34.2 Å². The van der Waals surface area contributed by atoms with Crippen LogP contribution >= 0.6 is 23.1 Å². The fourth-order valence-electron chi connectivity index (χ4n) is 3.90. The summed E-state index contributed by atoms with van der Waals surface area (Å²) in [6.07, 6.45) is 3.38. The van der Waals surface area contributed by atoms with Gasteiger partial charge in [-0.05, 0) is 56.7 Å². The Morgan fingerprint density at radius 3 is 2.97 bits per heavy atom. The first-order chi connectivity index (χ1) is 14.5. The van der Waals surface area contributed by atoms with Gasteiger partial charge in [0.2, 0.25) is 11.8 Å². The van der Waals surface area contributed by atoms with Crippen molar-refractivity contribution in [3.05, 3.63) is 46.2 Å². The van der Waals surface area contributed by atoms with Crippen molar-refractivity contribution < 1.29 is 4.42 Å². The zero-order valence-corrected chi connectivity index (χ0v) is 18.8. The largest absolute Gasteiger partial charge is 0.419 e. The minimum absolute atomic E-state index is 0.0810. The molecule has 0 aliphatic heterocycles. The monoisotopic (exact) mass is 437 g/mol. The Kier molecular flexibility index (Phi) is 4.99. The number of aryl methyl sites for hydroxylation is 2. The first kappa shape index (κ1) is 19.5. The normalized spacial score (nSPS) is 17.2. The molecule has 0 spiro atoms. The van der Waals surface area contributed by atoms with Crippen molar-refractivity contribution in [2.24, 2.45) is 5.92 Å². The van der Waals surface area contributed by atoms with Crippen LogP contribution in [0.3, 0.4) is 0 Å². The highest BCUT2D eigenvalue weighted by Gasteiger charge is 2.24. The van der Waals surface area contributed by atoms with E-state index in [4.69, 9.17) is 15.1 Å². The maximum absolute atomic E-state index is 6.36. The molecule has 0 bridgehead atoms. The van der Waals surface area contributed by atoms with Gasteiger partial charge in [0.1, 0.15) is 10.6 Å². The van der Waals surface area contributed by atoms with Gasteiger partial charge in [-0.25, -0.2) is 9.97 Å². The van der Waals surface area contributed by atoms with E-state index in [2.05, 4.69) is 22.1 Å². The molecule has 3 heterocycles. The van der Waals surface area contributed by atoms with Gasteiger partial charge in [0, 0.05) is 10.4 Å². The molecular weight excluding hydrogens is 414 g/mol. The van der Waals surface area contributed by atoms with Crippen molar-refractivity contribution in [3.63, 3.8) is 0 Å². The molecule has 8 heteroatoms. The van der Waals surface area contributed by atoms with E-state index in [0.29, 0.717) is 28.7 Å². The number of hydrogen-bond acceptors (Lipinski definition) is 8. The highest BCUT2D eigenvalue weighted by Crippen LogP contribution is 2.41. The first-order valence-electron chi connectivity index (χ1n) is 10.1. The molecular formula is C22H23N5OS2. The van der Waals surface area contributed by atoms with Gasteiger partial charge < -0.3 is 10.2 Å². The molecule has 5 rings (SSSR count). The Labute approximate surface area is 183 Å². The van der Waals surface area contributed by atoms with E-state index in [9.17, 15) is 0 Å². The lowest BCUT2D eigenvalue weighted by Gasteiger charge is -2.17. The van der Waals surface area contributed by atoms with Crippen LogP contribution in [-0.2, 0) is 12.8 Å². The van der Waals surface area contributed by atoms with Crippen molar-refractivity contribution in [3.8, 4) is 11.5 Å². The maximum Gasteiger partial charge on any atom is 0.247 e. The van der Waals surface area contributed by atoms with Gasteiger partial charge in [0.05, 0.1) is 10.6 Å². The Balaban J connectivity index is 1.40. The second kappa shape index (κ2) is 7.67. The molecule has 2 N–H and O–H groups in total. The van der Waals surface area contributed by atoms with Crippen molar-refractivity contribution in [1.29, 1.82) is 0 Å². The third-order valence-corrected chi connectivity index (χ3v) is 7.59. The number of fused-ring (bicyclic) bond motifs is 3. The molecule has 4 aromatic rings. The minimum atomic E-state index is -0.0810. The zero-order chi connectivity index (χ0) is 20.8. The van der Waals surface area contributed by atoms with Gasteiger partial charge in [0.25, 0.3) is 0 Å². The molecule has 3 aromatic heterocycles. The van der Waals surface area contributed by atoms with Gasteiger partial charge in [-0.15, -0.1) is 21.5 Å². The quantitative estimate of drug-likeness (QED) is 0.328. The van der Waals surface area contributed by atoms with Gasteiger partial charge in [-0.2, -0.15) is 0 Å². The van der Waals surface area contributed by atoms with E-state index < -0.39 is 0 Å². The SMILES string of the molecule is Cc1cccc(-c2nnc([C@H](C)Sc3nc(N)c4c5c(sc4n3)C[C@@H](C)CC5)o2)c1. The minimum Gasteiger partial charge on any atom is -0.419 e. The number of aromatic nitrogens is 4. The summed E-state index contributed by atoms with van der Waals surface area (Å²) in [6.45, 7) is 6.37. The molecule has 0 fully saturated rings. The lowest BCUT2D eigenvalue weighted by molar-refractivity contribution is 0.509. The van der Waals surface area contributed by atoms with E-state index in [1.54, 1.807) is 11.3 Å². The molecule has 0 unspecified atom stereocenters. The van der Waals surface area contributed by atoms with E-state index in [1.165, 1.54) is 28.6 Å². The number of hydrogen-bond donors (Lipinski definition) is 1. The summed E-state index contributed by atoms with van der Waals surface area (Å²) in [7, 11) is 0. The number of nitrogens with two attached hydrogens (primary N) is 1. The van der Waals surface area contributed by atoms with Crippen LogP contribution < -0.4 is 5.73 Å². The number of nitrogens with zero attached hydrogens (tertiary/aromatic N) is 4. The number of benzene rings is 1. The summed E-state index contributed by atoms with van der Waals surface area (Å²) < 4.78 is 5.93. The molecule has 0 radical (unpaired) electrons. The molecule has 1 aliphatic carbocycles. The average molecular weight is 438 g/mol. The van der Waals surface area contributed by atoms with Crippen LogP contribution in [0, 0.1) is 12.8 Å². The Bertz CT molecular complexity index is 1230. The maximum atomic E-state index is 6.36. The third kappa shape index (κ3) is 3.58. The highest BCUT2D eigenvalue weighted by atomic mass is 32.2. The van der Waals surface area contributed by atoms with Crippen molar-refractivity contribution in [2.75, 3.05) is 5.73 Å². The lowest BCUT2D eigenvalue weighted by Crippen LogP contribution is -2.09. The molecule has 30 heavy (non-hydrogen) atoms. The Morgan fingerprint density at radius 1 is 1.27 bits per heavy atom. The predicted octanol–water partition coefficient (Wildman–Crippen LogP) is 5.61. The molecule has 2 atom stereocenters. The van der Waals surface area contributed by atoms with Crippen LogP contribution in [0.4, 0.5) is 5.82 Å². The number of thiophene rings is 1. The van der Waals surface area contributed by atoms with Crippen LogP contribution in [0.25, 0.3) is 21.7 Å². The van der Waals surface area contributed by atoms with E-state index in [-0.39, 0.29) is 5.25 Å².